The third-order valence-electron chi connectivity index (χ3n) is 5.41. The second-order valence-corrected chi connectivity index (χ2v) is 9.02. The van der Waals surface area contributed by atoms with Gasteiger partial charge in [-0.1, -0.05) is 0 Å². The number of hydrogen-bond acceptors (Lipinski definition) is 6. The third kappa shape index (κ3) is 3.55. The fraction of sp³-hybridized carbons (Fsp3) is 0.400. The predicted molar refractivity (Wildman–Crippen MR) is 106 cm³/mol. The van der Waals surface area contributed by atoms with Crippen molar-refractivity contribution in [1.29, 1.82) is 4.78 Å². The van der Waals surface area contributed by atoms with Gasteiger partial charge in [0.15, 0.2) is 9.92 Å². The van der Waals surface area contributed by atoms with Gasteiger partial charge in [0.2, 0.25) is 5.09 Å². The topological polar surface area (TPSA) is 121 Å². The average Bonchev–Trinajstić information content (AvgIpc) is 3.45. The van der Waals surface area contributed by atoms with Crippen molar-refractivity contribution in [2.75, 3.05) is 11.9 Å². The van der Waals surface area contributed by atoms with E-state index in [0.29, 0.717) is 42.5 Å². The quantitative estimate of drug-likeness (QED) is 0.618. The number of halogens is 1. The summed E-state index contributed by atoms with van der Waals surface area (Å²) < 4.78 is 47.4. The summed E-state index contributed by atoms with van der Waals surface area (Å²) in [6, 6.07) is 0.264. The zero-order chi connectivity index (χ0) is 21.5. The molecule has 3 N–H and O–H groups in total. The molecule has 0 bridgehead atoms. The smallest absolute Gasteiger partial charge is 0.341 e. The number of esters is 1. The number of anilines is 1. The van der Waals surface area contributed by atoms with Crippen molar-refractivity contribution in [3.8, 4) is 0 Å². The maximum Gasteiger partial charge on any atom is 0.341 e. The van der Waals surface area contributed by atoms with Crippen LogP contribution in [0.2, 0.25) is 0 Å². The van der Waals surface area contributed by atoms with Gasteiger partial charge in [-0.25, -0.2) is 27.7 Å². The van der Waals surface area contributed by atoms with Crippen molar-refractivity contribution < 1.29 is 27.3 Å². The van der Waals surface area contributed by atoms with E-state index in [1.54, 1.807) is 6.92 Å². The number of hydrogen-bond donors (Lipinski definition) is 3. The number of ether oxygens (including phenoxy) is 1. The Morgan fingerprint density at radius 3 is 2.37 bits per heavy atom. The number of carbonyl (C=O) groups excluding carboxylic acids is 2. The summed E-state index contributed by atoms with van der Waals surface area (Å²) in [4.78, 5) is 24.3. The van der Waals surface area contributed by atoms with Gasteiger partial charge in [-0.2, -0.15) is 0 Å². The molecule has 1 heterocycles. The van der Waals surface area contributed by atoms with Gasteiger partial charge in [-0.15, -0.1) is 0 Å². The van der Waals surface area contributed by atoms with E-state index in [2.05, 4.69) is 10.0 Å². The summed E-state index contributed by atoms with van der Waals surface area (Å²) in [5, 5.41) is 2.33. The zero-order valence-corrected chi connectivity index (χ0v) is 17.2. The molecule has 0 radical (unpaired) electrons. The van der Waals surface area contributed by atoms with E-state index in [1.807, 2.05) is 0 Å². The van der Waals surface area contributed by atoms with Gasteiger partial charge in [0.1, 0.15) is 12.1 Å². The molecule has 1 aromatic carbocycles. The van der Waals surface area contributed by atoms with Crippen molar-refractivity contribution in [2.45, 2.75) is 50.5 Å². The van der Waals surface area contributed by atoms with Crippen LogP contribution in [-0.4, -0.2) is 22.8 Å². The van der Waals surface area contributed by atoms with Crippen molar-refractivity contribution in [3.05, 3.63) is 46.0 Å². The molecular weight excluding hydrogens is 413 g/mol. The third-order valence-corrected chi connectivity index (χ3v) is 6.67. The van der Waals surface area contributed by atoms with Crippen LogP contribution in [0.5, 0.6) is 0 Å². The highest BCUT2D eigenvalue weighted by molar-refractivity contribution is 7.91. The van der Waals surface area contributed by atoms with Gasteiger partial charge in [-0.05, 0) is 67.7 Å². The van der Waals surface area contributed by atoms with E-state index >= 15 is 0 Å². The van der Waals surface area contributed by atoms with Crippen LogP contribution in [0.25, 0.3) is 0 Å². The van der Waals surface area contributed by atoms with E-state index < -0.39 is 21.9 Å². The molecule has 1 unspecified atom stereocenters. The summed E-state index contributed by atoms with van der Waals surface area (Å²) in [7, 11) is -3.85. The van der Waals surface area contributed by atoms with Gasteiger partial charge in [0.05, 0.1) is 12.2 Å². The molecule has 0 saturated carbocycles. The first-order valence-electron chi connectivity index (χ1n) is 9.80. The number of nitrogens with one attached hydrogen (secondary N) is 3. The minimum absolute atomic E-state index is 0.00297. The second kappa shape index (κ2) is 7.75. The van der Waals surface area contributed by atoms with Gasteiger partial charge in [-0.3, -0.25) is 0 Å². The van der Waals surface area contributed by atoms with Crippen LogP contribution in [0.3, 0.4) is 0 Å². The van der Waals surface area contributed by atoms with Crippen LogP contribution in [0, 0.1) is 10.6 Å². The molecule has 0 spiro atoms. The summed E-state index contributed by atoms with van der Waals surface area (Å²) in [6.45, 7) is 1.80. The molecule has 2 amide bonds. The number of urea groups is 1. The van der Waals surface area contributed by atoms with Crippen molar-refractivity contribution in [3.63, 3.8) is 0 Å². The van der Waals surface area contributed by atoms with E-state index in [4.69, 9.17) is 13.9 Å². The number of rotatable bonds is 5. The molecule has 1 aromatic heterocycles. The zero-order valence-electron chi connectivity index (χ0n) is 16.4. The Labute approximate surface area is 173 Å². The molecule has 2 aliphatic rings. The Morgan fingerprint density at radius 1 is 1.17 bits per heavy atom. The Morgan fingerprint density at radius 2 is 1.77 bits per heavy atom. The Bertz CT molecular complexity index is 1100. The fourth-order valence-electron chi connectivity index (χ4n) is 4.15. The number of benzene rings is 1. The number of furan rings is 1. The molecule has 10 heteroatoms. The van der Waals surface area contributed by atoms with Crippen molar-refractivity contribution in [1.82, 2.24) is 4.72 Å². The van der Waals surface area contributed by atoms with Crippen molar-refractivity contribution >= 4 is 27.6 Å². The molecular formula is C20H22FN3O5S. The predicted octanol–water partition coefficient (Wildman–Crippen LogP) is 3.72. The van der Waals surface area contributed by atoms with Crippen LogP contribution < -0.4 is 10.0 Å². The lowest BCUT2D eigenvalue weighted by molar-refractivity contribution is 0.0525. The van der Waals surface area contributed by atoms with Gasteiger partial charge in [0, 0.05) is 11.8 Å². The maximum atomic E-state index is 14.8. The first kappa shape index (κ1) is 20.4. The largest absolute Gasteiger partial charge is 0.462 e. The van der Waals surface area contributed by atoms with Gasteiger partial charge >= 0.3 is 12.0 Å². The number of fused-ring (bicyclic) bond motifs is 2. The molecule has 0 saturated heterocycles. The van der Waals surface area contributed by atoms with Crippen LogP contribution in [0.15, 0.2) is 21.8 Å². The second-order valence-electron chi connectivity index (χ2n) is 7.30. The highest BCUT2D eigenvalue weighted by atomic mass is 32.2. The lowest BCUT2D eigenvalue weighted by atomic mass is 9.98. The molecule has 2 aliphatic carbocycles. The molecule has 0 aliphatic heterocycles. The fourth-order valence-corrected chi connectivity index (χ4v) is 5.04. The average molecular weight is 435 g/mol. The number of amides is 2. The van der Waals surface area contributed by atoms with E-state index in [1.165, 1.54) is 0 Å². The molecule has 2 aromatic rings. The Kier molecular flexibility index (Phi) is 5.27. The molecule has 30 heavy (non-hydrogen) atoms. The first-order valence-corrected chi connectivity index (χ1v) is 11.4. The summed E-state index contributed by atoms with van der Waals surface area (Å²) in [5.74, 6) is -0.836. The number of carbonyl (C=O) groups is 2. The molecule has 0 fully saturated rings. The summed E-state index contributed by atoms with van der Waals surface area (Å²) in [5.41, 5.74) is 3.41. The standard InChI is InChI=1S/C20H22FN3O5S/c1-2-28-19(25)11-9-16(29-10-11)30(22,27)24-20(26)23-18-14-7-3-5-12(14)17(21)13-6-4-8-15(13)18/h9-10H,2-8H2,1H3,(H3,22,23,24,26,27). The first-order chi connectivity index (χ1) is 14.3. The van der Waals surface area contributed by atoms with Gasteiger partial charge < -0.3 is 14.5 Å². The highest BCUT2D eigenvalue weighted by Gasteiger charge is 2.30. The molecule has 8 nitrogen and oxygen atoms in total. The maximum absolute atomic E-state index is 14.8. The highest BCUT2D eigenvalue weighted by Crippen LogP contribution is 2.40. The SMILES string of the molecule is CCOC(=O)c1coc(S(=N)(=O)NC(=O)Nc2c3c(c(F)c4c2CCC4)CCC3)c1. The summed E-state index contributed by atoms with van der Waals surface area (Å²) in [6.07, 6.45) is 5.22. The minimum Gasteiger partial charge on any atom is -0.462 e. The van der Waals surface area contributed by atoms with Crippen LogP contribution in [0.4, 0.5) is 14.9 Å². The van der Waals surface area contributed by atoms with Crippen LogP contribution in [-0.2, 0) is 40.3 Å². The minimum atomic E-state index is -3.85. The van der Waals surface area contributed by atoms with E-state index in [-0.39, 0.29) is 23.1 Å². The lowest BCUT2D eigenvalue weighted by Gasteiger charge is -2.17. The van der Waals surface area contributed by atoms with Crippen LogP contribution in [0.1, 0.15) is 52.4 Å². The Hall–Kier alpha value is -2.88. The monoisotopic (exact) mass is 435 g/mol. The van der Waals surface area contributed by atoms with Crippen molar-refractivity contribution in [2.24, 2.45) is 0 Å². The van der Waals surface area contributed by atoms with E-state index in [0.717, 1.165) is 36.3 Å². The summed E-state index contributed by atoms with van der Waals surface area (Å²) >= 11 is 0. The molecule has 160 valence electrons. The van der Waals surface area contributed by atoms with Gasteiger partial charge in [0.25, 0.3) is 0 Å². The normalized spacial score (nSPS) is 16.5. The Balaban J connectivity index is 1.56. The van der Waals surface area contributed by atoms with E-state index in [9.17, 15) is 18.2 Å². The molecule has 4 rings (SSSR count). The lowest BCUT2D eigenvalue weighted by Crippen LogP contribution is -2.34. The molecule has 1 atom stereocenters. The van der Waals surface area contributed by atoms with Crippen LogP contribution >= 0.6 is 0 Å².